The van der Waals surface area contributed by atoms with Gasteiger partial charge in [-0.2, -0.15) is 0 Å². The first kappa shape index (κ1) is 17.0. The molecule has 4 rings (SSSR count). The van der Waals surface area contributed by atoms with Crippen molar-refractivity contribution in [2.24, 2.45) is 11.8 Å². The van der Waals surface area contributed by atoms with E-state index >= 15 is 0 Å². The Morgan fingerprint density at radius 1 is 1.12 bits per heavy atom. The second-order valence-electron chi connectivity index (χ2n) is 7.28. The molecule has 0 radical (unpaired) electrons. The first-order valence-corrected chi connectivity index (χ1v) is 9.34. The molecular formula is C19H24N4O3. The van der Waals surface area contributed by atoms with Crippen LogP contribution in [0.15, 0.2) is 24.3 Å². The standard InChI is InChI=1S/C19H24N4O3/c24-17-14-7-8-20-11-15(14)22-19(26)16(17)18(25)21-12-3-5-13(6-4-12)23-9-1-2-10-23/h3-6,14-16,20H,1-2,7-11H2,(H,21,25)(H,22,26). The zero-order valence-corrected chi connectivity index (χ0v) is 14.7. The topological polar surface area (TPSA) is 90.5 Å². The van der Waals surface area contributed by atoms with Gasteiger partial charge in [-0.15, -0.1) is 0 Å². The normalized spacial score (nSPS) is 28.5. The molecule has 0 saturated carbocycles. The molecule has 26 heavy (non-hydrogen) atoms. The van der Waals surface area contributed by atoms with Crippen molar-refractivity contribution < 1.29 is 14.4 Å². The van der Waals surface area contributed by atoms with Crippen molar-refractivity contribution >= 4 is 29.0 Å². The maximum atomic E-state index is 12.7. The van der Waals surface area contributed by atoms with Crippen molar-refractivity contribution in [1.29, 1.82) is 0 Å². The number of rotatable bonds is 3. The highest BCUT2D eigenvalue weighted by molar-refractivity contribution is 6.23. The number of ketones is 1. The number of piperidine rings is 2. The van der Waals surface area contributed by atoms with Crippen LogP contribution >= 0.6 is 0 Å². The monoisotopic (exact) mass is 356 g/mol. The lowest BCUT2D eigenvalue weighted by Crippen LogP contribution is -2.63. The zero-order chi connectivity index (χ0) is 18.1. The number of hydrogen-bond acceptors (Lipinski definition) is 5. The first-order valence-electron chi connectivity index (χ1n) is 9.34. The third-order valence-corrected chi connectivity index (χ3v) is 5.59. The van der Waals surface area contributed by atoms with Gasteiger partial charge in [-0.1, -0.05) is 0 Å². The predicted octanol–water partition coefficient (Wildman–Crippen LogP) is 0.519. The minimum Gasteiger partial charge on any atom is -0.372 e. The van der Waals surface area contributed by atoms with Gasteiger partial charge < -0.3 is 20.9 Å². The molecule has 3 aliphatic heterocycles. The Bertz CT molecular complexity index is 712. The third-order valence-electron chi connectivity index (χ3n) is 5.59. The average Bonchev–Trinajstić information content (AvgIpc) is 3.17. The van der Waals surface area contributed by atoms with E-state index in [1.807, 2.05) is 24.3 Å². The molecule has 1 aromatic rings. The van der Waals surface area contributed by atoms with E-state index in [1.54, 1.807) is 0 Å². The van der Waals surface area contributed by atoms with Gasteiger partial charge >= 0.3 is 0 Å². The van der Waals surface area contributed by atoms with Crippen molar-refractivity contribution in [1.82, 2.24) is 10.6 Å². The van der Waals surface area contributed by atoms with E-state index in [4.69, 9.17) is 0 Å². The number of benzene rings is 1. The van der Waals surface area contributed by atoms with E-state index in [2.05, 4.69) is 20.9 Å². The van der Waals surface area contributed by atoms with Crippen LogP contribution in [0.5, 0.6) is 0 Å². The zero-order valence-electron chi connectivity index (χ0n) is 14.7. The van der Waals surface area contributed by atoms with Crippen LogP contribution < -0.4 is 20.9 Å². The fourth-order valence-electron chi connectivity index (χ4n) is 4.15. The molecule has 2 amide bonds. The number of Topliss-reactive ketones (excluding diaryl/α,β-unsaturated/α-hetero) is 1. The van der Waals surface area contributed by atoms with Gasteiger partial charge in [-0.05, 0) is 50.1 Å². The molecule has 3 unspecified atom stereocenters. The highest BCUT2D eigenvalue weighted by atomic mass is 16.2. The Labute approximate surface area is 152 Å². The summed E-state index contributed by atoms with van der Waals surface area (Å²) < 4.78 is 0. The number of carbonyl (C=O) groups excluding carboxylic acids is 3. The molecule has 0 aliphatic carbocycles. The summed E-state index contributed by atoms with van der Waals surface area (Å²) in [6.07, 6.45) is 3.06. The highest BCUT2D eigenvalue weighted by Crippen LogP contribution is 2.26. The molecule has 0 aromatic heterocycles. The minimum absolute atomic E-state index is 0.201. The Morgan fingerprint density at radius 3 is 2.58 bits per heavy atom. The summed E-state index contributed by atoms with van der Waals surface area (Å²) in [5, 5.41) is 8.72. The maximum absolute atomic E-state index is 12.7. The van der Waals surface area contributed by atoms with Gasteiger partial charge in [0.25, 0.3) is 0 Å². The molecule has 3 heterocycles. The van der Waals surface area contributed by atoms with E-state index in [1.165, 1.54) is 12.8 Å². The van der Waals surface area contributed by atoms with Crippen molar-refractivity contribution in [2.45, 2.75) is 25.3 Å². The van der Waals surface area contributed by atoms with E-state index in [0.29, 0.717) is 18.7 Å². The number of amides is 2. The summed E-state index contributed by atoms with van der Waals surface area (Å²) in [7, 11) is 0. The van der Waals surface area contributed by atoms with Crippen LogP contribution in [0.3, 0.4) is 0 Å². The molecule has 3 atom stereocenters. The lowest BCUT2D eigenvalue weighted by molar-refractivity contribution is -0.146. The lowest BCUT2D eigenvalue weighted by Gasteiger charge is -2.37. The number of anilines is 2. The Morgan fingerprint density at radius 2 is 1.85 bits per heavy atom. The van der Waals surface area contributed by atoms with Crippen LogP contribution in [0.2, 0.25) is 0 Å². The Balaban J connectivity index is 1.43. The van der Waals surface area contributed by atoms with Gasteiger partial charge in [0, 0.05) is 36.9 Å². The Hall–Kier alpha value is -2.41. The van der Waals surface area contributed by atoms with E-state index in [-0.39, 0.29) is 17.7 Å². The summed E-state index contributed by atoms with van der Waals surface area (Å²) in [6, 6.07) is 7.38. The lowest BCUT2D eigenvalue weighted by atomic mass is 9.78. The molecule has 3 fully saturated rings. The average molecular weight is 356 g/mol. The molecular weight excluding hydrogens is 332 g/mol. The maximum Gasteiger partial charge on any atom is 0.244 e. The predicted molar refractivity (Wildman–Crippen MR) is 97.9 cm³/mol. The third kappa shape index (κ3) is 3.19. The number of carbonyl (C=O) groups is 3. The van der Waals surface area contributed by atoms with Crippen LogP contribution in [0.4, 0.5) is 11.4 Å². The SMILES string of the molecule is O=C(Nc1ccc(N2CCCC2)cc1)C1C(=O)NC2CNCCC2C1=O. The second kappa shape index (κ2) is 7.07. The van der Waals surface area contributed by atoms with E-state index in [0.717, 1.165) is 25.3 Å². The van der Waals surface area contributed by atoms with E-state index in [9.17, 15) is 14.4 Å². The van der Waals surface area contributed by atoms with E-state index < -0.39 is 17.7 Å². The van der Waals surface area contributed by atoms with Gasteiger partial charge in [-0.25, -0.2) is 0 Å². The van der Waals surface area contributed by atoms with Crippen LogP contribution in [0, 0.1) is 11.8 Å². The van der Waals surface area contributed by atoms with Gasteiger partial charge in [0.05, 0.1) is 6.04 Å². The summed E-state index contributed by atoms with van der Waals surface area (Å²) in [6.45, 7) is 3.42. The van der Waals surface area contributed by atoms with Gasteiger partial charge in [0.1, 0.15) is 0 Å². The molecule has 3 N–H and O–H groups in total. The van der Waals surface area contributed by atoms with Crippen molar-refractivity contribution in [3.8, 4) is 0 Å². The quantitative estimate of drug-likeness (QED) is 0.687. The molecule has 138 valence electrons. The molecule has 0 bridgehead atoms. The van der Waals surface area contributed by atoms with Crippen LogP contribution in [0.1, 0.15) is 19.3 Å². The molecule has 0 spiro atoms. The highest BCUT2D eigenvalue weighted by Gasteiger charge is 2.47. The number of fused-ring (bicyclic) bond motifs is 1. The van der Waals surface area contributed by atoms with Crippen molar-refractivity contribution in [3.63, 3.8) is 0 Å². The molecule has 3 aliphatic rings. The van der Waals surface area contributed by atoms with Crippen LogP contribution in [0.25, 0.3) is 0 Å². The molecule has 1 aromatic carbocycles. The summed E-state index contributed by atoms with van der Waals surface area (Å²) in [5.74, 6) is -2.83. The van der Waals surface area contributed by atoms with Gasteiger partial charge in [0.15, 0.2) is 11.7 Å². The molecule has 7 heteroatoms. The molecule has 7 nitrogen and oxygen atoms in total. The summed E-state index contributed by atoms with van der Waals surface area (Å²) >= 11 is 0. The fourth-order valence-corrected chi connectivity index (χ4v) is 4.15. The number of nitrogens with zero attached hydrogens (tertiary/aromatic N) is 1. The first-order chi connectivity index (χ1) is 12.6. The Kier molecular flexibility index (Phi) is 4.63. The largest absolute Gasteiger partial charge is 0.372 e. The summed E-state index contributed by atoms with van der Waals surface area (Å²) in [5.41, 5.74) is 1.73. The number of nitrogens with one attached hydrogen (secondary N) is 3. The van der Waals surface area contributed by atoms with Crippen molar-refractivity contribution in [3.05, 3.63) is 24.3 Å². The summed E-state index contributed by atoms with van der Waals surface area (Å²) in [4.78, 5) is 39.9. The van der Waals surface area contributed by atoms with Gasteiger partial charge in [-0.3, -0.25) is 14.4 Å². The van der Waals surface area contributed by atoms with Gasteiger partial charge in [0.2, 0.25) is 11.8 Å². The fraction of sp³-hybridized carbons (Fsp3) is 0.526. The van der Waals surface area contributed by atoms with Crippen LogP contribution in [-0.2, 0) is 14.4 Å². The number of hydrogen-bond donors (Lipinski definition) is 3. The van der Waals surface area contributed by atoms with Crippen molar-refractivity contribution in [2.75, 3.05) is 36.4 Å². The smallest absolute Gasteiger partial charge is 0.244 e. The second-order valence-corrected chi connectivity index (χ2v) is 7.28. The van der Waals surface area contributed by atoms with Crippen LogP contribution in [-0.4, -0.2) is 49.8 Å². The molecule has 3 saturated heterocycles. The minimum atomic E-state index is -1.26.